The number of carbonyl (C=O) groups is 2. The van der Waals surface area contributed by atoms with Crippen LogP contribution in [-0.2, 0) is 14.3 Å². The summed E-state index contributed by atoms with van der Waals surface area (Å²) in [5, 5.41) is 3.08. The summed E-state index contributed by atoms with van der Waals surface area (Å²) in [4.78, 5) is 24.0. The van der Waals surface area contributed by atoms with E-state index in [9.17, 15) is 9.59 Å². The Morgan fingerprint density at radius 2 is 1.81 bits per heavy atom. The average Bonchev–Trinajstić information content (AvgIpc) is 2.51. The van der Waals surface area contributed by atoms with Crippen molar-refractivity contribution >= 4 is 17.4 Å². The van der Waals surface area contributed by atoms with Gasteiger partial charge in [-0.15, -0.1) is 0 Å². The van der Waals surface area contributed by atoms with Crippen molar-refractivity contribution in [2.75, 3.05) is 19.0 Å². The van der Waals surface area contributed by atoms with Gasteiger partial charge in [0, 0.05) is 18.0 Å². The monoisotopic (exact) mass is 293 g/mol. The minimum Gasteiger partial charge on any atom is -0.497 e. The van der Waals surface area contributed by atoms with Gasteiger partial charge >= 0.3 is 5.97 Å². The highest BCUT2D eigenvalue weighted by Gasteiger charge is 2.30. The Bertz CT molecular complexity index is 470. The van der Waals surface area contributed by atoms with E-state index in [-0.39, 0.29) is 12.4 Å². The summed E-state index contributed by atoms with van der Waals surface area (Å²) in [6, 6.07) is 6.49. The van der Waals surface area contributed by atoms with Crippen LogP contribution in [0, 0.1) is 5.92 Å². The van der Waals surface area contributed by atoms with Gasteiger partial charge in [-0.3, -0.25) is 4.79 Å². The van der Waals surface area contributed by atoms with E-state index in [1.54, 1.807) is 52.1 Å². The third-order valence-electron chi connectivity index (χ3n) is 3.31. The van der Waals surface area contributed by atoms with Gasteiger partial charge in [0.1, 0.15) is 17.6 Å². The van der Waals surface area contributed by atoms with Crippen LogP contribution in [0.3, 0.4) is 0 Å². The highest BCUT2D eigenvalue weighted by atomic mass is 16.5. The molecule has 0 radical (unpaired) electrons. The van der Waals surface area contributed by atoms with Crippen LogP contribution >= 0.6 is 0 Å². The fourth-order valence-corrected chi connectivity index (χ4v) is 1.99. The number of hydrogen-bond donors (Lipinski definition) is 1. The molecular weight excluding hydrogens is 270 g/mol. The maximum atomic E-state index is 12.1. The summed E-state index contributed by atoms with van der Waals surface area (Å²) in [5.74, 6) is -0.112. The Balaban J connectivity index is 2.89. The number of anilines is 1. The lowest BCUT2D eigenvalue weighted by Crippen LogP contribution is -2.40. The fourth-order valence-electron chi connectivity index (χ4n) is 1.99. The van der Waals surface area contributed by atoms with Crippen LogP contribution in [0.5, 0.6) is 5.75 Å². The molecule has 0 bridgehead atoms. The molecule has 1 unspecified atom stereocenters. The first-order valence-corrected chi connectivity index (χ1v) is 7.13. The second-order valence-corrected chi connectivity index (χ2v) is 4.71. The maximum Gasteiger partial charge on any atom is 0.329 e. The molecule has 1 aromatic rings. The molecule has 5 nitrogen and oxygen atoms in total. The summed E-state index contributed by atoms with van der Waals surface area (Å²) in [6.45, 7) is 5.56. The van der Waals surface area contributed by atoms with Gasteiger partial charge in [0.2, 0.25) is 0 Å². The Hall–Kier alpha value is -2.04. The minimum absolute atomic E-state index is 0.0223. The second-order valence-electron chi connectivity index (χ2n) is 4.71. The second kappa shape index (κ2) is 8.29. The maximum absolute atomic E-state index is 12.1. The lowest BCUT2D eigenvalue weighted by Gasteiger charge is -2.23. The standard InChI is InChI=1S/C16H23NO4/c1-5-14(18)11(3)15(16(19)21-6-2)17-12-7-9-13(20-4)10-8-12/h7-11,15,17H,5-6H2,1-4H3/t11-,15?/m0/s1. The first-order chi connectivity index (χ1) is 10.0. The first-order valence-electron chi connectivity index (χ1n) is 7.13. The highest BCUT2D eigenvalue weighted by molar-refractivity contribution is 5.90. The topological polar surface area (TPSA) is 64.6 Å². The van der Waals surface area contributed by atoms with Crippen LogP contribution in [0.1, 0.15) is 27.2 Å². The Morgan fingerprint density at radius 3 is 2.29 bits per heavy atom. The van der Waals surface area contributed by atoms with Crippen molar-refractivity contribution in [3.05, 3.63) is 24.3 Å². The van der Waals surface area contributed by atoms with E-state index in [1.807, 2.05) is 0 Å². The molecule has 5 heteroatoms. The molecule has 2 atom stereocenters. The Morgan fingerprint density at radius 1 is 1.19 bits per heavy atom. The van der Waals surface area contributed by atoms with E-state index >= 15 is 0 Å². The van der Waals surface area contributed by atoms with E-state index in [0.717, 1.165) is 11.4 Å². The summed E-state index contributed by atoms with van der Waals surface area (Å²) < 4.78 is 10.1. The van der Waals surface area contributed by atoms with Gasteiger partial charge < -0.3 is 14.8 Å². The molecule has 0 aromatic heterocycles. The molecule has 1 N–H and O–H groups in total. The van der Waals surface area contributed by atoms with Crippen LogP contribution in [-0.4, -0.2) is 31.5 Å². The molecular formula is C16H23NO4. The van der Waals surface area contributed by atoms with E-state index in [0.29, 0.717) is 6.42 Å². The Labute approximate surface area is 125 Å². The molecule has 1 aromatic carbocycles. The van der Waals surface area contributed by atoms with Gasteiger partial charge in [0.15, 0.2) is 0 Å². The summed E-state index contributed by atoms with van der Waals surface area (Å²) in [6.07, 6.45) is 0.390. The molecule has 0 aliphatic rings. The van der Waals surface area contributed by atoms with Gasteiger partial charge in [0.25, 0.3) is 0 Å². The van der Waals surface area contributed by atoms with Gasteiger partial charge in [0.05, 0.1) is 13.7 Å². The number of hydrogen-bond acceptors (Lipinski definition) is 5. The zero-order valence-electron chi connectivity index (χ0n) is 13.0. The van der Waals surface area contributed by atoms with Gasteiger partial charge in [-0.25, -0.2) is 4.79 Å². The molecule has 0 fully saturated rings. The number of ketones is 1. The largest absolute Gasteiger partial charge is 0.497 e. The normalized spacial score (nSPS) is 13.1. The molecule has 21 heavy (non-hydrogen) atoms. The van der Waals surface area contributed by atoms with Crippen LogP contribution in [0.15, 0.2) is 24.3 Å². The van der Waals surface area contributed by atoms with Gasteiger partial charge in [-0.05, 0) is 31.2 Å². The Kier molecular flexibility index (Phi) is 6.72. The van der Waals surface area contributed by atoms with Crippen LogP contribution in [0.2, 0.25) is 0 Å². The number of rotatable bonds is 8. The van der Waals surface area contributed by atoms with Crippen molar-refractivity contribution in [3.63, 3.8) is 0 Å². The quantitative estimate of drug-likeness (QED) is 0.746. The van der Waals surface area contributed by atoms with E-state index in [4.69, 9.17) is 9.47 Å². The number of nitrogens with one attached hydrogen (secondary N) is 1. The van der Waals surface area contributed by atoms with E-state index in [2.05, 4.69) is 5.32 Å². The van der Waals surface area contributed by atoms with Gasteiger partial charge in [-0.1, -0.05) is 13.8 Å². The van der Waals surface area contributed by atoms with Gasteiger partial charge in [-0.2, -0.15) is 0 Å². The molecule has 0 saturated carbocycles. The lowest BCUT2D eigenvalue weighted by atomic mass is 9.95. The number of esters is 1. The van der Waals surface area contributed by atoms with Crippen molar-refractivity contribution in [1.29, 1.82) is 0 Å². The predicted octanol–water partition coefficient (Wildman–Crippen LogP) is 2.65. The molecule has 0 aliphatic carbocycles. The first kappa shape index (κ1) is 17.0. The lowest BCUT2D eigenvalue weighted by molar-refractivity contribution is -0.147. The highest BCUT2D eigenvalue weighted by Crippen LogP contribution is 2.19. The SMILES string of the molecule is CCOC(=O)C(Nc1ccc(OC)cc1)[C@@H](C)C(=O)CC. The minimum atomic E-state index is -0.689. The molecule has 0 aliphatic heterocycles. The fraction of sp³-hybridized carbons (Fsp3) is 0.500. The average molecular weight is 293 g/mol. The number of carbonyl (C=O) groups excluding carboxylic acids is 2. The molecule has 0 amide bonds. The number of methoxy groups -OCH3 is 1. The third-order valence-corrected chi connectivity index (χ3v) is 3.31. The third kappa shape index (κ3) is 4.77. The molecule has 1 rings (SSSR count). The van der Waals surface area contributed by atoms with Crippen LogP contribution < -0.4 is 10.1 Å². The van der Waals surface area contributed by atoms with Crippen molar-refractivity contribution < 1.29 is 19.1 Å². The molecule has 0 saturated heterocycles. The zero-order chi connectivity index (χ0) is 15.8. The summed E-state index contributed by atoms with van der Waals surface area (Å²) in [7, 11) is 1.59. The predicted molar refractivity (Wildman–Crippen MR) is 81.5 cm³/mol. The number of ether oxygens (including phenoxy) is 2. The number of Topliss-reactive ketones (excluding diaryl/α,β-unsaturated/α-hetero) is 1. The van der Waals surface area contributed by atoms with Crippen molar-refractivity contribution in [3.8, 4) is 5.75 Å². The smallest absolute Gasteiger partial charge is 0.329 e. The van der Waals surface area contributed by atoms with E-state index < -0.39 is 17.9 Å². The van der Waals surface area contributed by atoms with Crippen molar-refractivity contribution in [2.45, 2.75) is 33.2 Å². The van der Waals surface area contributed by atoms with E-state index in [1.165, 1.54) is 0 Å². The molecule has 0 spiro atoms. The zero-order valence-corrected chi connectivity index (χ0v) is 13.0. The van der Waals surface area contributed by atoms with Crippen LogP contribution in [0.4, 0.5) is 5.69 Å². The summed E-state index contributed by atoms with van der Waals surface area (Å²) in [5.41, 5.74) is 0.740. The van der Waals surface area contributed by atoms with Crippen molar-refractivity contribution in [1.82, 2.24) is 0 Å². The van der Waals surface area contributed by atoms with Crippen molar-refractivity contribution in [2.24, 2.45) is 5.92 Å². The molecule has 0 heterocycles. The number of benzene rings is 1. The molecule has 116 valence electrons. The van der Waals surface area contributed by atoms with Crippen LogP contribution in [0.25, 0.3) is 0 Å². The summed E-state index contributed by atoms with van der Waals surface area (Å²) >= 11 is 0.